The van der Waals surface area contributed by atoms with Gasteiger partial charge >= 0.3 is 0 Å². The van der Waals surface area contributed by atoms with E-state index in [-0.39, 0.29) is 11.9 Å². The van der Waals surface area contributed by atoms with Crippen LogP contribution in [-0.4, -0.2) is 0 Å². The highest BCUT2D eigenvalue weighted by Crippen LogP contribution is 2.24. The van der Waals surface area contributed by atoms with Crippen LogP contribution in [0.5, 0.6) is 11.5 Å². The Morgan fingerprint density at radius 3 is 2.22 bits per heavy atom. The molecule has 94 valence electrons. The van der Waals surface area contributed by atoms with Gasteiger partial charge in [-0.15, -0.1) is 0 Å². The summed E-state index contributed by atoms with van der Waals surface area (Å²) in [5.41, 5.74) is 7.39. The maximum atomic E-state index is 13.1. The second-order valence-electron chi connectivity index (χ2n) is 4.37. The number of nitrogens with two attached hydrogens (primary N) is 1. The van der Waals surface area contributed by atoms with Gasteiger partial charge in [0.05, 0.1) is 0 Å². The second kappa shape index (κ2) is 5.19. The number of benzene rings is 2. The Labute approximate surface area is 106 Å². The lowest BCUT2D eigenvalue weighted by Crippen LogP contribution is -2.04. The molecule has 1 unspecified atom stereocenters. The van der Waals surface area contributed by atoms with Crippen molar-refractivity contribution in [2.75, 3.05) is 0 Å². The fourth-order valence-corrected chi connectivity index (χ4v) is 1.66. The fourth-order valence-electron chi connectivity index (χ4n) is 1.66. The molecule has 0 heterocycles. The van der Waals surface area contributed by atoms with Crippen LogP contribution in [0.4, 0.5) is 4.39 Å². The minimum absolute atomic E-state index is 0.00659. The van der Waals surface area contributed by atoms with E-state index in [2.05, 4.69) is 0 Å². The molecule has 0 aliphatic rings. The summed E-state index contributed by atoms with van der Waals surface area (Å²) in [6.07, 6.45) is 0. The zero-order chi connectivity index (χ0) is 13.1. The van der Waals surface area contributed by atoms with Gasteiger partial charge in [-0.2, -0.15) is 0 Å². The zero-order valence-electron chi connectivity index (χ0n) is 10.5. The minimum atomic E-state index is -0.227. The molecular weight excluding hydrogens is 229 g/mol. The number of aryl methyl sites for hydroxylation is 1. The Morgan fingerprint density at radius 1 is 1.06 bits per heavy atom. The first kappa shape index (κ1) is 12.6. The summed E-state index contributed by atoms with van der Waals surface area (Å²) in [6, 6.07) is 12.3. The molecule has 2 nitrogen and oxygen atoms in total. The van der Waals surface area contributed by atoms with Crippen molar-refractivity contribution in [2.45, 2.75) is 19.9 Å². The first-order valence-corrected chi connectivity index (χ1v) is 5.86. The van der Waals surface area contributed by atoms with Crippen molar-refractivity contribution < 1.29 is 9.13 Å². The van der Waals surface area contributed by atoms with Gasteiger partial charge in [0.25, 0.3) is 0 Å². The predicted octanol–water partition coefficient (Wildman–Crippen LogP) is 3.95. The smallest absolute Gasteiger partial charge is 0.127 e. The van der Waals surface area contributed by atoms with E-state index in [0.29, 0.717) is 17.1 Å². The van der Waals surface area contributed by atoms with Crippen molar-refractivity contribution in [1.29, 1.82) is 0 Å². The molecule has 0 radical (unpaired) electrons. The lowest BCUT2D eigenvalue weighted by molar-refractivity contribution is 0.479. The van der Waals surface area contributed by atoms with Crippen molar-refractivity contribution in [1.82, 2.24) is 0 Å². The van der Waals surface area contributed by atoms with E-state index in [0.717, 1.165) is 5.56 Å². The van der Waals surface area contributed by atoms with Crippen molar-refractivity contribution >= 4 is 0 Å². The van der Waals surface area contributed by atoms with Gasteiger partial charge in [-0.05, 0) is 55.3 Å². The third-order valence-electron chi connectivity index (χ3n) is 2.77. The highest BCUT2D eigenvalue weighted by Gasteiger charge is 2.03. The molecule has 3 heteroatoms. The van der Waals surface area contributed by atoms with Gasteiger partial charge in [0, 0.05) is 6.04 Å². The summed E-state index contributed by atoms with van der Waals surface area (Å²) in [5, 5.41) is 0. The van der Waals surface area contributed by atoms with Gasteiger partial charge in [-0.1, -0.05) is 12.1 Å². The molecule has 18 heavy (non-hydrogen) atoms. The fraction of sp³-hybridized carbons (Fsp3) is 0.200. The normalized spacial score (nSPS) is 12.2. The predicted molar refractivity (Wildman–Crippen MR) is 70.3 cm³/mol. The van der Waals surface area contributed by atoms with Crippen LogP contribution in [0.3, 0.4) is 0 Å². The van der Waals surface area contributed by atoms with Gasteiger partial charge in [0.1, 0.15) is 17.3 Å². The standard InChI is InChI=1S/C15H16FNO/c1-10-9-14(7-8-15(10)16)18-13-5-3-12(4-6-13)11(2)17/h3-9,11H,17H2,1-2H3. The van der Waals surface area contributed by atoms with Crippen molar-refractivity contribution in [2.24, 2.45) is 5.73 Å². The van der Waals surface area contributed by atoms with Gasteiger partial charge in [-0.3, -0.25) is 0 Å². The van der Waals surface area contributed by atoms with E-state index < -0.39 is 0 Å². The highest BCUT2D eigenvalue weighted by atomic mass is 19.1. The van der Waals surface area contributed by atoms with E-state index >= 15 is 0 Å². The molecule has 0 aliphatic carbocycles. The molecule has 2 rings (SSSR count). The molecule has 0 bridgehead atoms. The lowest BCUT2D eigenvalue weighted by Gasteiger charge is -2.09. The van der Waals surface area contributed by atoms with Crippen molar-refractivity contribution in [3.05, 3.63) is 59.4 Å². The molecule has 2 aromatic carbocycles. The number of halogens is 1. The van der Waals surface area contributed by atoms with Crippen LogP contribution >= 0.6 is 0 Å². The average molecular weight is 245 g/mol. The van der Waals surface area contributed by atoms with Gasteiger partial charge in [-0.25, -0.2) is 4.39 Å². The molecule has 0 saturated carbocycles. The molecule has 2 N–H and O–H groups in total. The molecule has 0 amide bonds. The maximum Gasteiger partial charge on any atom is 0.127 e. The Hall–Kier alpha value is -1.87. The van der Waals surface area contributed by atoms with Crippen LogP contribution in [0.15, 0.2) is 42.5 Å². The summed E-state index contributed by atoms with van der Waals surface area (Å²) in [6.45, 7) is 3.64. The first-order chi connectivity index (χ1) is 8.56. The lowest BCUT2D eigenvalue weighted by atomic mass is 10.1. The topological polar surface area (TPSA) is 35.2 Å². The maximum absolute atomic E-state index is 13.1. The Kier molecular flexibility index (Phi) is 3.63. The molecule has 0 saturated heterocycles. The number of ether oxygens (including phenoxy) is 1. The number of hydrogen-bond acceptors (Lipinski definition) is 2. The number of hydrogen-bond donors (Lipinski definition) is 1. The van der Waals surface area contributed by atoms with Crippen molar-refractivity contribution in [3.63, 3.8) is 0 Å². The molecule has 1 atom stereocenters. The average Bonchev–Trinajstić information content (AvgIpc) is 2.34. The first-order valence-electron chi connectivity index (χ1n) is 5.86. The molecular formula is C15H16FNO. The van der Waals surface area contributed by atoms with Crippen LogP contribution in [-0.2, 0) is 0 Å². The molecule has 0 aromatic heterocycles. The summed E-state index contributed by atoms with van der Waals surface area (Å²) >= 11 is 0. The molecule has 0 spiro atoms. The largest absolute Gasteiger partial charge is 0.457 e. The van der Waals surface area contributed by atoms with Gasteiger partial charge < -0.3 is 10.5 Å². The van der Waals surface area contributed by atoms with Crippen LogP contribution in [0, 0.1) is 12.7 Å². The Balaban J connectivity index is 2.15. The van der Waals surface area contributed by atoms with Crippen LogP contribution in [0.25, 0.3) is 0 Å². The van der Waals surface area contributed by atoms with E-state index in [1.165, 1.54) is 6.07 Å². The number of rotatable bonds is 3. The van der Waals surface area contributed by atoms with E-state index in [1.54, 1.807) is 19.1 Å². The molecule has 0 fully saturated rings. The van der Waals surface area contributed by atoms with E-state index in [9.17, 15) is 4.39 Å². The molecule has 0 aliphatic heterocycles. The Bertz CT molecular complexity index is 535. The zero-order valence-corrected chi connectivity index (χ0v) is 10.5. The van der Waals surface area contributed by atoms with Crippen LogP contribution < -0.4 is 10.5 Å². The minimum Gasteiger partial charge on any atom is -0.457 e. The second-order valence-corrected chi connectivity index (χ2v) is 4.37. The monoisotopic (exact) mass is 245 g/mol. The summed E-state index contributed by atoms with van der Waals surface area (Å²) in [5.74, 6) is 1.11. The van der Waals surface area contributed by atoms with Gasteiger partial charge in [0.2, 0.25) is 0 Å². The van der Waals surface area contributed by atoms with E-state index in [4.69, 9.17) is 10.5 Å². The van der Waals surface area contributed by atoms with Crippen molar-refractivity contribution in [3.8, 4) is 11.5 Å². The molecule has 2 aromatic rings. The Morgan fingerprint density at radius 2 is 1.67 bits per heavy atom. The third-order valence-corrected chi connectivity index (χ3v) is 2.77. The quantitative estimate of drug-likeness (QED) is 0.888. The SMILES string of the molecule is Cc1cc(Oc2ccc(C(C)N)cc2)ccc1F. The van der Waals surface area contributed by atoms with E-state index in [1.807, 2.05) is 31.2 Å². The van der Waals surface area contributed by atoms with Gasteiger partial charge in [0.15, 0.2) is 0 Å². The van der Waals surface area contributed by atoms with Crippen LogP contribution in [0.1, 0.15) is 24.1 Å². The summed E-state index contributed by atoms with van der Waals surface area (Å²) < 4.78 is 18.8. The van der Waals surface area contributed by atoms with Crippen LogP contribution in [0.2, 0.25) is 0 Å². The summed E-state index contributed by atoms with van der Waals surface area (Å²) in [4.78, 5) is 0. The summed E-state index contributed by atoms with van der Waals surface area (Å²) in [7, 11) is 0. The highest BCUT2D eigenvalue weighted by molar-refractivity contribution is 5.35. The third kappa shape index (κ3) is 2.87.